The number of nitrogens with zero attached hydrogens (tertiary/aromatic N) is 3. The average Bonchev–Trinajstić information content (AvgIpc) is 3.21. The van der Waals surface area contributed by atoms with E-state index in [0.717, 1.165) is 41.0 Å². The predicted molar refractivity (Wildman–Crippen MR) is 117 cm³/mol. The summed E-state index contributed by atoms with van der Waals surface area (Å²) in [5.41, 5.74) is 2.89. The van der Waals surface area contributed by atoms with Crippen LogP contribution in [0, 0.1) is 0 Å². The second-order valence-electron chi connectivity index (χ2n) is 6.85. The van der Waals surface area contributed by atoms with Crippen LogP contribution in [0.4, 0.5) is 16.5 Å². The van der Waals surface area contributed by atoms with Gasteiger partial charge in [0.25, 0.3) is 0 Å². The maximum Gasteiger partial charge on any atom is 0.228 e. The van der Waals surface area contributed by atoms with E-state index in [9.17, 15) is 4.79 Å². The van der Waals surface area contributed by atoms with Gasteiger partial charge in [0.2, 0.25) is 5.91 Å². The average molecular weight is 409 g/mol. The Kier molecular flexibility index (Phi) is 5.95. The molecule has 0 bridgehead atoms. The number of nitrogens with one attached hydrogen (secondary N) is 1. The van der Waals surface area contributed by atoms with E-state index in [1.807, 2.05) is 58.8 Å². The highest BCUT2D eigenvalue weighted by Gasteiger charge is 2.23. The van der Waals surface area contributed by atoms with Crippen LogP contribution in [-0.2, 0) is 11.2 Å². The highest BCUT2D eigenvalue weighted by Crippen LogP contribution is 2.28. The minimum absolute atomic E-state index is 0.126. The first-order chi connectivity index (χ1) is 14.2. The molecule has 3 aromatic rings. The van der Waals surface area contributed by atoms with E-state index in [2.05, 4.69) is 21.3 Å². The molecule has 0 aliphatic carbocycles. The number of methoxy groups -OCH3 is 1. The van der Waals surface area contributed by atoms with Gasteiger partial charge in [0.05, 0.1) is 24.9 Å². The SMILES string of the molecule is COc1ccccc1N1CCN(C(=O)Cc2csc(Nc3ccccc3)n2)CC1. The van der Waals surface area contributed by atoms with Crippen LogP contribution in [0.2, 0.25) is 0 Å². The van der Waals surface area contributed by atoms with Gasteiger partial charge in [-0.05, 0) is 24.3 Å². The summed E-state index contributed by atoms with van der Waals surface area (Å²) in [6, 6.07) is 17.9. The Labute approximate surface area is 174 Å². The summed E-state index contributed by atoms with van der Waals surface area (Å²) >= 11 is 1.52. The first kappa shape index (κ1) is 19.3. The van der Waals surface area contributed by atoms with Crippen LogP contribution >= 0.6 is 11.3 Å². The number of rotatable bonds is 6. The first-order valence-corrected chi connectivity index (χ1v) is 10.5. The molecule has 1 aliphatic rings. The fraction of sp³-hybridized carbons (Fsp3) is 0.273. The van der Waals surface area contributed by atoms with Crippen molar-refractivity contribution in [1.82, 2.24) is 9.88 Å². The monoisotopic (exact) mass is 408 g/mol. The van der Waals surface area contributed by atoms with Crippen molar-refractivity contribution in [3.8, 4) is 5.75 Å². The number of hydrogen-bond donors (Lipinski definition) is 1. The summed E-state index contributed by atoms with van der Waals surface area (Å²) in [4.78, 5) is 21.5. The van der Waals surface area contributed by atoms with Crippen LogP contribution in [0.25, 0.3) is 0 Å². The van der Waals surface area contributed by atoms with Crippen LogP contribution in [0.3, 0.4) is 0 Å². The quantitative estimate of drug-likeness (QED) is 0.673. The van der Waals surface area contributed by atoms with E-state index in [1.54, 1.807) is 7.11 Å². The van der Waals surface area contributed by atoms with Crippen molar-refractivity contribution in [1.29, 1.82) is 0 Å². The van der Waals surface area contributed by atoms with Crippen LogP contribution < -0.4 is 15.0 Å². The zero-order valence-electron chi connectivity index (χ0n) is 16.4. The molecule has 2 aromatic carbocycles. The highest BCUT2D eigenvalue weighted by atomic mass is 32.1. The third-order valence-corrected chi connectivity index (χ3v) is 5.77. The topological polar surface area (TPSA) is 57.7 Å². The number of benzene rings is 2. The molecular weight excluding hydrogens is 384 g/mol. The molecule has 1 fully saturated rings. The molecule has 0 spiro atoms. The fourth-order valence-electron chi connectivity index (χ4n) is 3.45. The van der Waals surface area contributed by atoms with E-state index in [4.69, 9.17) is 4.74 Å². The smallest absolute Gasteiger partial charge is 0.228 e. The Morgan fingerprint density at radius 1 is 1.07 bits per heavy atom. The van der Waals surface area contributed by atoms with Gasteiger partial charge in [-0.1, -0.05) is 30.3 Å². The number of anilines is 3. The van der Waals surface area contributed by atoms with Gasteiger partial charge >= 0.3 is 0 Å². The van der Waals surface area contributed by atoms with Crippen LogP contribution in [0.15, 0.2) is 60.0 Å². The Morgan fingerprint density at radius 3 is 2.55 bits per heavy atom. The van der Waals surface area contributed by atoms with Gasteiger partial charge < -0.3 is 19.9 Å². The molecule has 1 aromatic heterocycles. The van der Waals surface area contributed by atoms with Gasteiger partial charge in [-0.2, -0.15) is 0 Å². The fourth-order valence-corrected chi connectivity index (χ4v) is 4.18. The molecular formula is C22H24N4O2S. The summed E-state index contributed by atoms with van der Waals surface area (Å²) in [5, 5.41) is 6.03. The third kappa shape index (κ3) is 4.68. The van der Waals surface area contributed by atoms with E-state index >= 15 is 0 Å². The van der Waals surface area contributed by atoms with Crippen molar-refractivity contribution < 1.29 is 9.53 Å². The Bertz CT molecular complexity index is 952. The summed E-state index contributed by atoms with van der Waals surface area (Å²) in [6.45, 7) is 3.00. The standard InChI is InChI=1S/C22H24N4O2S/c1-28-20-10-6-5-9-19(20)25-11-13-26(14-12-25)21(27)15-18-16-29-22(24-18)23-17-7-3-2-4-8-17/h2-10,16H,11-15H2,1H3,(H,23,24). The molecule has 4 rings (SSSR count). The van der Waals surface area contributed by atoms with Crippen molar-refractivity contribution >= 4 is 33.8 Å². The van der Waals surface area contributed by atoms with E-state index in [0.29, 0.717) is 19.5 Å². The van der Waals surface area contributed by atoms with Crippen LogP contribution in [0.1, 0.15) is 5.69 Å². The van der Waals surface area contributed by atoms with E-state index < -0.39 is 0 Å². The lowest BCUT2D eigenvalue weighted by Gasteiger charge is -2.36. The molecule has 0 unspecified atom stereocenters. The number of amides is 1. The Morgan fingerprint density at radius 2 is 1.79 bits per heavy atom. The van der Waals surface area contributed by atoms with Gasteiger partial charge in [0.1, 0.15) is 5.75 Å². The number of para-hydroxylation sites is 3. The molecule has 1 aliphatic heterocycles. The van der Waals surface area contributed by atoms with Gasteiger partial charge in [0.15, 0.2) is 5.13 Å². The number of carbonyl (C=O) groups is 1. The summed E-state index contributed by atoms with van der Waals surface area (Å²) < 4.78 is 5.46. The summed E-state index contributed by atoms with van der Waals surface area (Å²) in [5.74, 6) is 0.995. The first-order valence-electron chi connectivity index (χ1n) is 9.65. The molecule has 0 saturated carbocycles. The zero-order valence-corrected chi connectivity index (χ0v) is 17.2. The van der Waals surface area contributed by atoms with Crippen molar-refractivity contribution in [2.75, 3.05) is 43.5 Å². The zero-order chi connectivity index (χ0) is 20.1. The summed E-state index contributed by atoms with van der Waals surface area (Å²) in [6.07, 6.45) is 0.335. The predicted octanol–water partition coefficient (Wildman–Crippen LogP) is 3.79. The molecule has 0 atom stereocenters. The van der Waals surface area contributed by atoms with Crippen molar-refractivity contribution in [2.45, 2.75) is 6.42 Å². The normalized spacial score (nSPS) is 14.0. The van der Waals surface area contributed by atoms with E-state index in [1.165, 1.54) is 11.3 Å². The minimum Gasteiger partial charge on any atom is -0.495 e. The highest BCUT2D eigenvalue weighted by molar-refractivity contribution is 7.13. The van der Waals surface area contributed by atoms with Gasteiger partial charge in [-0.3, -0.25) is 4.79 Å². The maximum atomic E-state index is 12.7. The Hall–Kier alpha value is -3.06. The molecule has 0 radical (unpaired) electrons. The summed E-state index contributed by atoms with van der Waals surface area (Å²) in [7, 11) is 1.69. The van der Waals surface area contributed by atoms with Crippen molar-refractivity contribution in [3.05, 3.63) is 65.7 Å². The molecule has 1 N–H and O–H groups in total. The molecule has 6 nitrogen and oxygen atoms in total. The molecule has 2 heterocycles. The van der Waals surface area contributed by atoms with Crippen molar-refractivity contribution in [2.24, 2.45) is 0 Å². The van der Waals surface area contributed by atoms with E-state index in [-0.39, 0.29) is 5.91 Å². The number of thiazole rings is 1. The number of ether oxygens (including phenoxy) is 1. The molecule has 7 heteroatoms. The molecule has 1 saturated heterocycles. The van der Waals surface area contributed by atoms with Crippen LogP contribution in [0.5, 0.6) is 5.75 Å². The van der Waals surface area contributed by atoms with Gasteiger partial charge in [-0.25, -0.2) is 4.98 Å². The Balaban J connectivity index is 1.31. The lowest BCUT2D eigenvalue weighted by Crippen LogP contribution is -2.49. The lowest BCUT2D eigenvalue weighted by atomic mass is 10.2. The van der Waals surface area contributed by atoms with Gasteiger partial charge in [-0.15, -0.1) is 11.3 Å². The minimum atomic E-state index is 0.126. The van der Waals surface area contributed by atoms with Crippen LogP contribution in [-0.4, -0.2) is 49.1 Å². The molecule has 29 heavy (non-hydrogen) atoms. The second-order valence-corrected chi connectivity index (χ2v) is 7.71. The number of hydrogen-bond acceptors (Lipinski definition) is 6. The maximum absolute atomic E-state index is 12.7. The molecule has 1 amide bonds. The number of aromatic nitrogens is 1. The van der Waals surface area contributed by atoms with Crippen molar-refractivity contribution in [3.63, 3.8) is 0 Å². The third-order valence-electron chi connectivity index (χ3n) is 4.97. The second kappa shape index (κ2) is 8.96. The number of carbonyl (C=O) groups excluding carboxylic acids is 1. The molecule has 150 valence electrons. The van der Waals surface area contributed by atoms with Gasteiger partial charge in [0, 0.05) is 37.2 Å². The lowest BCUT2D eigenvalue weighted by molar-refractivity contribution is -0.130. The number of piperazine rings is 1. The largest absolute Gasteiger partial charge is 0.495 e.